The van der Waals surface area contributed by atoms with Crippen LogP contribution in [0.5, 0.6) is 0 Å². The van der Waals surface area contributed by atoms with Gasteiger partial charge in [0.05, 0.1) is 0 Å². The molecule has 1 aliphatic rings. The first-order valence-electron chi connectivity index (χ1n) is 7.39. The normalized spacial score (nSPS) is 19.1. The second kappa shape index (κ2) is 6.36. The van der Waals surface area contributed by atoms with E-state index in [1.165, 1.54) is 0 Å². The van der Waals surface area contributed by atoms with Gasteiger partial charge in [-0.25, -0.2) is 0 Å². The van der Waals surface area contributed by atoms with Crippen LogP contribution in [0.25, 0.3) is 12.2 Å². The zero-order valence-corrected chi connectivity index (χ0v) is 12.0. The number of carbonyl (C=O) groups excluding carboxylic acids is 1. The molecule has 0 amide bonds. The van der Waals surface area contributed by atoms with Gasteiger partial charge < -0.3 is 0 Å². The number of rotatable bonds is 2. The van der Waals surface area contributed by atoms with Crippen LogP contribution in [0.15, 0.2) is 71.8 Å². The molecular weight excluding hydrogens is 256 g/mol. The standard InChI is InChI=1S/C20H18O/c21-20-18(14-16-8-3-1-4-9-16)12-7-13-19(20)15-17-10-5-2-6-11-17/h1-6,8-11,14-15H,7,12-13H2/b18-14+,19-15?. The number of hydrogen-bond donors (Lipinski definition) is 0. The molecule has 0 radical (unpaired) electrons. The van der Waals surface area contributed by atoms with Gasteiger partial charge in [0.1, 0.15) is 0 Å². The van der Waals surface area contributed by atoms with Crippen molar-refractivity contribution in [3.05, 3.63) is 82.9 Å². The molecule has 1 nitrogen and oxygen atoms in total. The highest BCUT2D eigenvalue weighted by molar-refractivity contribution is 6.13. The summed E-state index contributed by atoms with van der Waals surface area (Å²) in [5, 5.41) is 0. The molecule has 0 saturated heterocycles. The second-order valence-corrected chi connectivity index (χ2v) is 5.34. The minimum absolute atomic E-state index is 0.203. The van der Waals surface area contributed by atoms with Crippen molar-refractivity contribution < 1.29 is 4.79 Å². The van der Waals surface area contributed by atoms with Crippen molar-refractivity contribution >= 4 is 17.9 Å². The molecule has 0 N–H and O–H groups in total. The second-order valence-electron chi connectivity index (χ2n) is 5.34. The van der Waals surface area contributed by atoms with Gasteiger partial charge in [-0.3, -0.25) is 4.79 Å². The van der Waals surface area contributed by atoms with Crippen LogP contribution >= 0.6 is 0 Å². The van der Waals surface area contributed by atoms with Gasteiger partial charge in [0.25, 0.3) is 0 Å². The van der Waals surface area contributed by atoms with Gasteiger partial charge in [0, 0.05) is 11.1 Å². The molecule has 1 heteroatoms. The number of ketones is 1. The lowest BCUT2D eigenvalue weighted by molar-refractivity contribution is -0.112. The van der Waals surface area contributed by atoms with E-state index in [4.69, 9.17) is 0 Å². The van der Waals surface area contributed by atoms with E-state index < -0.39 is 0 Å². The first-order valence-corrected chi connectivity index (χ1v) is 7.39. The molecule has 2 aromatic rings. The van der Waals surface area contributed by atoms with Crippen LogP contribution in [0.4, 0.5) is 0 Å². The third kappa shape index (κ3) is 3.38. The maximum absolute atomic E-state index is 12.6. The largest absolute Gasteiger partial charge is 0.289 e. The van der Waals surface area contributed by atoms with Crippen LogP contribution in [-0.4, -0.2) is 5.78 Å². The van der Waals surface area contributed by atoms with Crippen molar-refractivity contribution in [2.24, 2.45) is 0 Å². The van der Waals surface area contributed by atoms with Crippen LogP contribution in [0, 0.1) is 0 Å². The van der Waals surface area contributed by atoms with E-state index in [1.807, 2.05) is 72.8 Å². The maximum Gasteiger partial charge on any atom is 0.185 e. The van der Waals surface area contributed by atoms with Crippen LogP contribution < -0.4 is 0 Å². The summed E-state index contributed by atoms with van der Waals surface area (Å²) in [5.41, 5.74) is 4.05. The molecule has 0 bridgehead atoms. The van der Waals surface area contributed by atoms with Crippen molar-refractivity contribution in [2.45, 2.75) is 19.3 Å². The fourth-order valence-electron chi connectivity index (χ4n) is 2.68. The van der Waals surface area contributed by atoms with Gasteiger partial charge in [-0.05, 0) is 42.5 Å². The predicted octanol–water partition coefficient (Wildman–Crippen LogP) is 4.91. The fourth-order valence-corrected chi connectivity index (χ4v) is 2.68. The SMILES string of the molecule is O=C1C(=Cc2ccccc2)CCC/C1=C\c1ccccc1. The lowest BCUT2D eigenvalue weighted by Crippen LogP contribution is -2.12. The summed E-state index contributed by atoms with van der Waals surface area (Å²) in [4.78, 5) is 12.6. The van der Waals surface area contributed by atoms with E-state index in [0.29, 0.717) is 0 Å². The van der Waals surface area contributed by atoms with Crippen molar-refractivity contribution in [1.82, 2.24) is 0 Å². The topological polar surface area (TPSA) is 17.1 Å². The first-order chi connectivity index (χ1) is 10.3. The lowest BCUT2D eigenvalue weighted by atomic mass is 9.87. The zero-order valence-electron chi connectivity index (χ0n) is 12.0. The smallest absolute Gasteiger partial charge is 0.185 e. The average molecular weight is 274 g/mol. The van der Waals surface area contributed by atoms with Crippen molar-refractivity contribution in [3.8, 4) is 0 Å². The van der Waals surface area contributed by atoms with Gasteiger partial charge in [-0.2, -0.15) is 0 Å². The molecule has 0 aromatic heterocycles. The van der Waals surface area contributed by atoms with Crippen LogP contribution in [0.1, 0.15) is 30.4 Å². The summed E-state index contributed by atoms with van der Waals surface area (Å²) in [6, 6.07) is 20.1. The van der Waals surface area contributed by atoms with Crippen molar-refractivity contribution in [1.29, 1.82) is 0 Å². The Balaban J connectivity index is 1.88. The fraction of sp³-hybridized carbons (Fsp3) is 0.150. The highest BCUT2D eigenvalue weighted by Crippen LogP contribution is 2.27. The Morgan fingerprint density at radius 1 is 0.667 bits per heavy atom. The van der Waals surface area contributed by atoms with E-state index in [9.17, 15) is 4.79 Å². The Kier molecular flexibility index (Phi) is 4.11. The highest BCUT2D eigenvalue weighted by atomic mass is 16.1. The quantitative estimate of drug-likeness (QED) is 0.711. The third-order valence-electron chi connectivity index (χ3n) is 3.76. The summed E-state index contributed by atoms with van der Waals surface area (Å²) in [5.74, 6) is 0.203. The molecule has 21 heavy (non-hydrogen) atoms. The predicted molar refractivity (Wildman–Crippen MR) is 87.7 cm³/mol. The number of hydrogen-bond acceptors (Lipinski definition) is 1. The molecular formula is C20H18O. The Bertz CT molecular complexity index is 619. The molecule has 0 atom stereocenters. The number of benzene rings is 2. The Hall–Kier alpha value is -2.41. The van der Waals surface area contributed by atoms with E-state index in [2.05, 4.69) is 0 Å². The van der Waals surface area contributed by atoms with Gasteiger partial charge in [0.15, 0.2) is 5.78 Å². The van der Waals surface area contributed by atoms with Crippen molar-refractivity contribution in [2.75, 3.05) is 0 Å². The summed E-state index contributed by atoms with van der Waals surface area (Å²) in [7, 11) is 0. The third-order valence-corrected chi connectivity index (χ3v) is 3.76. The summed E-state index contributed by atoms with van der Waals surface area (Å²) in [6.45, 7) is 0. The minimum Gasteiger partial charge on any atom is -0.289 e. The van der Waals surface area contributed by atoms with Gasteiger partial charge >= 0.3 is 0 Å². The van der Waals surface area contributed by atoms with Crippen LogP contribution in [0.2, 0.25) is 0 Å². The number of carbonyl (C=O) groups is 1. The number of Topliss-reactive ketones (excluding diaryl/α,β-unsaturated/α-hetero) is 1. The maximum atomic E-state index is 12.6. The molecule has 0 aliphatic heterocycles. The molecule has 0 unspecified atom stereocenters. The van der Waals surface area contributed by atoms with Gasteiger partial charge in [0.2, 0.25) is 0 Å². The first kappa shape index (κ1) is 13.6. The average Bonchev–Trinajstić information content (AvgIpc) is 2.53. The van der Waals surface area contributed by atoms with Gasteiger partial charge in [-0.1, -0.05) is 60.7 Å². The summed E-state index contributed by atoms with van der Waals surface area (Å²) < 4.78 is 0. The molecule has 0 spiro atoms. The van der Waals surface area contributed by atoms with Crippen LogP contribution in [0.3, 0.4) is 0 Å². The molecule has 1 aliphatic carbocycles. The van der Waals surface area contributed by atoms with Crippen molar-refractivity contribution in [3.63, 3.8) is 0 Å². The highest BCUT2D eigenvalue weighted by Gasteiger charge is 2.20. The zero-order chi connectivity index (χ0) is 14.5. The molecule has 104 valence electrons. The molecule has 2 aromatic carbocycles. The monoisotopic (exact) mass is 274 g/mol. The van der Waals surface area contributed by atoms with E-state index >= 15 is 0 Å². The van der Waals surface area contributed by atoms with E-state index in [1.54, 1.807) is 0 Å². The molecule has 3 rings (SSSR count). The lowest BCUT2D eigenvalue weighted by Gasteiger charge is -2.16. The van der Waals surface area contributed by atoms with Gasteiger partial charge in [-0.15, -0.1) is 0 Å². The molecule has 0 heterocycles. The van der Waals surface area contributed by atoms with Crippen LogP contribution in [-0.2, 0) is 4.79 Å². The van der Waals surface area contributed by atoms with E-state index in [0.717, 1.165) is 41.5 Å². The summed E-state index contributed by atoms with van der Waals surface area (Å²) >= 11 is 0. The Labute approximate surface area is 125 Å². The Morgan fingerprint density at radius 2 is 1.10 bits per heavy atom. The molecule has 1 fully saturated rings. The minimum atomic E-state index is 0.203. The van der Waals surface area contributed by atoms with E-state index in [-0.39, 0.29) is 5.78 Å². The molecule has 1 saturated carbocycles. The Morgan fingerprint density at radius 3 is 1.52 bits per heavy atom. The summed E-state index contributed by atoms with van der Waals surface area (Å²) in [6.07, 6.45) is 6.85. The number of allylic oxidation sites excluding steroid dienone is 2.